The number of allylic oxidation sites excluding steroid dienone is 10. The van der Waals surface area contributed by atoms with Crippen LogP contribution in [-0.2, 0) is 28.6 Å². The van der Waals surface area contributed by atoms with Crippen LogP contribution in [0, 0.1) is 0 Å². The first-order valence-electron chi connectivity index (χ1n) is 25.8. The molecule has 0 saturated heterocycles. The predicted molar refractivity (Wildman–Crippen MR) is 261 cm³/mol. The van der Waals surface area contributed by atoms with Crippen LogP contribution in [0.4, 0.5) is 0 Å². The largest absolute Gasteiger partial charge is 0.462 e. The van der Waals surface area contributed by atoms with Gasteiger partial charge in [0.15, 0.2) is 6.10 Å². The fourth-order valence-electron chi connectivity index (χ4n) is 7.14. The first kappa shape index (κ1) is 58.1. The van der Waals surface area contributed by atoms with Gasteiger partial charge in [-0.3, -0.25) is 14.4 Å². The van der Waals surface area contributed by atoms with Crippen molar-refractivity contribution in [3.63, 3.8) is 0 Å². The average molecular weight is 853 g/mol. The molecule has 0 aliphatic carbocycles. The molecule has 0 aliphatic heterocycles. The van der Waals surface area contributed by atoms with Crippen molar-refractivity contribution in [2.75, 3.05) is 13.2 Å². The Bertz CT molecular complexity index is 1120. The molecule has 0 amide bonds. The monoisotopic (exact) mass is 853 g/mol. The van der Waals surface area contributed by atoms with E-state index in [-0.39, 0.29) is 31.1 Å². The van der Waals surface area contributed by atoms with Crippen LogP contribution in [0.15, 0.2) is 60.8 Å². The van der Waals surface area contributed by atoms with E-state index in [2.05, 4.69) is 81.5 Å². The molecule has 6 heteroatoms. The van der Waals surface area contributed by atoms with E-state index in [0.29, 0.717) is 19.3 Å². The number of rotatable bonds is 46. The highest BCUT2D eigenvalue weighted by atomic mass is 16.6. The van der Waals surface area contributed by atoms with Crippen LogP contribution in [0.1, 0.15) is 252 Å². The number of carbonyl (C=O) groups excluding carboxylic acids is 3. The number of hydrogen-bond donors (Lipinski definition) is 0. The predicted octanol–water partition coefficient (Wildman–Crippen LogP) is 16.9. The molecule has 0 saturated carbocycles. The summed E-state index contributed by atoms with van der Waals surface area (Å²) in [7, 11) is 0. The molecular weight excluding hydrogens is 757 g/mol. The molecule has 1 unspecified atom stereocenters. The van der Waals surface area contributed by atoms with E-state index >= 15 is 0 Å². The molecule has 0 aliphatic rings. The molecule has 6 nitrogen and oxygen atoms in total. The second kappa shape index (κ2) is 49.8. The lowest BCUT2D eigenvalue weighted by Gasteiger charge is -2.18. The number of unbranched alkanes of at least 4 members (excludes halogenated alkanes) is 27. The normalized spacial score (nSPS) is 12.5. The molecule has 0 aromatic carbocycles. The van der Waals surface area contributed by atoms with Gasteiger partial charge in [-0.15, -0.1) is 0 Å². The Morgan fingerprint density at radius 2 is 0.656 bits per heavy atom. The summed E-state index contributed by atoms with van der Waals surface area (Å²) in [4.78, 5) is 37.9. The van der Waals surface area contributed by atoms with Gasteiger partial charge >= 0.3 is 17.9 Å². The van der Waals surface area contributed by atoms with Crippen LogP contribution >= 0.6 is 0 Å². The zero-order valence-electron chi connectivity index (χ0n) is 40.2. The van der Waals surface area contributed by atoms with Gasteiger partial charge in [0.1, 0.15) is 13.2 Å². The minimum Gasteiger partial charge on any atom is -0.462 e. The Kier molecular flexibility index (Phi) is 47.4. The quantitative estimate of drug-likeness (QED) is 0.0200. The second-order valence-corrected chi connectivity index (χ2v) is 17.1. The van der Waals surface area contributed by atoms with E-state index in [1.165, 1.54) is 116 Å². The summed E-state index contributed by atoms with van der Waals surface area (Å²) in [6.07, 6.45) is 60.6. The highest BCUT2D eigenvalue weighted by molar-refractivity contribution is 5.71. The highest BCUT2D eigenvalue weighted by Gasteiger charge is 2.19. The molecule has 0 radical (unpaired) electrons. The summed E-state index contributed by atoms with van der Waals surface area (Å²) in [5.74, 6) is -0.930. The van der Waals surface area contributed by atoms with Crippen LogP contribution in [0.5, 0.6) is 0 Å². The molecule has 0 spiro atoms. The van der Waals surface area contributed by atoms with E-state index in [1.54, 1.807) is 0 Å². The summed E-state index contributed by atoms with van der Waals surface area (Å²) in [5, 5.41) is 0. The summed E-state index contributed by atoms with van der Waals surface area (Å²) in [6.45, 7) is 6.47. The Labute approximate surface area is 377 Å². The van der Waals surface area contributed by atoms with Gasteiger partial charge < -0.3 is 14.2 Å². The van der Waals surface area contributed by atoms with Crippen LogP contribution < -0.4 is 0 Å². The van der Waals surface area contributed by atoms with Crippen molar-refractivity contribution in [1.29, 1.82) is 0 Å². The van der Waals surface area contributed by atoms with Gasteiger partial charge in [-0.25, -0.2) is 0 Å². The van der Waals surface area contributed by atoms with E-state index in [0.717, 1.165) is 96.3 Å². The summed E-state index contributed by atoms with van der Waals surface area (Å²) in [5.41, 5.74) is 0. The third-order valence-corrected chi connectivity index (χ3v) is 11.0. The van der Waals surface area contributed by atoms with E-state index in [1.807, 2.05) is 0 Å². The van der Waals surface area contributed by atoms with Gasteiger partial charge in [-0.05, 0) is 89.9 Å². The van der Waals surface area contributed by atoms with Crippen LogP contribution in [0.2, 0.25) is 0 Å². The van der Waals surface area contributed by atoms with E-state index in [4.69, 9.17) is 14.2 Å². The maximum absolute atomic E-state index is 12.8. The van der Waals surface area contributed by atoms with Crippen LogP contribution in [0.3, 0.4) is 0 Å². The van der Waals surface area contributed by atoms with Crippen molar-refractivity contribution in [2.45, 2.75) is 258 Å². The minimum absolute atomic E-state index is 0.0910. The molecule has 0 aromatic heterocycles. The van der Waals surface area contributed by atoms with Crippen molar-refractivity contribution in [1.82, 2.24) is 0 Å². The van der Waals surface area contributed by atoms with E-state index < -0.39 is 6.10 Å². The first-order valence-corrected chi connectivity index (χ1v) is 25.8. The third kappa shape index (κ3) is 48.0. The van der Waals surface area contributed by atoms with Crippen molar-refractivity contribution >= 4 is 17.9 Å². The molecule has 1 atom stereocenters. The molecule has 0 N–H and O–H groups in total. The van der Waals surface area contributed by atoms with Crippen molar-refractivity contribution < 1.29 is 28.6 Å². The van der Waals surface area contributed by atoms with Crippen molar-refractivity contribution in [3.8, 4) is 0 Å². The number of esters is 3. The Balaban J connectivity index is 4.43. The molecule has 0 fully saturated rings. The third-order valence-electron chi connectivity index (χ3n) is 11.0. The fourth-order valence-corrected chi connectivity index (χ4v) is 7.14. The molecular formula is C55H96O6. The standard InChI is InChI=1S/C55H96O6/c1-4-7-10-13-16-19-22-25-28-31-33-36-39-42-45-48-54(57)60-51-52(61-55(58)49-46-43-40-37-34-30-27-24-21-18-15-12-9-6-3)50-59-53(56)47-44-41-38-35-32-29-26-23-20-17-14-11-8-5-2/h7,10,13,16,19,22,29-30,32,34,52H,4-6,8-9,11-12,14-15,17-18,20-21,23-28,31,33,35-51H2,1-3H3/b10-7-,16-13-,22-19-,32-29-,34-30-. The molecule has 352 valence electrons. The maximum Gasteiger partial charge on any atom is 0.306 e. The Morgan fingerprint density at radius 1 is 0.344 bits per heavy atom. The van der Waals surface area contributed by atoms with Gasteiger partial charge in [-0.2, -0.15) is 0 Å². The fraction of sp³-hybridized carbons (Fsp3) is 0.764. The number of ether oxygens (including phenoxy) is 3. The van der Waals surface area contributed by atoms with E-state index in [9.17, 15) is 14.4 Å². The maximum atomic E-state index is 12.8. The van der Waals surface area contributed by atoms with Crippen molar-refractivity contribution in [2.24, 2.45) is 0 Å². The molecule has 61 heavy (non-hydrogen) atoms. The minimum atomic E-state index is -0.791. The highest BCUT2D eigenvalue weighted by Crippen LogP contribution is 2.14. The first-order chi connectivity index (χ1) is 30.0. The number of hydrogen-bond acceptors (Lipinski definition) is 6. The van der Waals surface area contributed by atoms with Crippen LogP contribution in [-0.4, -0.2) is 37.2 Å². The molecule has 0 rings (SSSR count). The average Bonchev–Trinajstić information content (AvgIpc) is 3.26. The molecule has 0 bridgehead atoms. The van der Waals surface area contributed by atoms with Gasteiger partial charge in [0, 0.05) is 19.3 Å². The lowest BCUT2D eigenvalue weighted by molar-refractivity contribution is -0.167. The van der Waals surface area contributed by atoms with Gasteiger partial charge in [-0.1, -0.05) is 204 Å². The Hall–Kier alpha value is -2.89. The topological polar surface area (TPSA) is 78.9 Å². The smallest absolute Gasteiger partial charge is 0.306 e. The second-order valence-electron chi connectivity index (χ2n) is 17.1. The zero-order chi connectivity index (χ0) is 44.4. The Morgan fingerprint density at radius 3 is 1.05 bits per heavy atom. The number of carbonyl (C=O) groups is 3. The molecule has 0 aromatic rings. The lowest BCUT2D eigenvalue weighted by Crippen LogP contribution is -2.30. The van der Waals surface area contributed by atoms with Crippen LogP contribution in [0.25, 0.3) is 0 Å². The summed E-state index contributed by atoms with van der Waals surface area (Å²) < 4.78 is 16.8. The van der Waals surface area contributed by atoms with Gasteiger partial charge in [0.25, 0.3) is 0 Å². The van der Waals surface area contributed by atoms with Gasteiger partial charge in [0.2, 0.25) is 0 Å². The van der Waals surface area contributed by atoms with Gasteiger partial charge in [0.05, 0.1) is 0 Å². The summed E-state index contributed by atoms with van der Waals surface area (Å²) >= 11 is 0. The molecule has 0 heterocycles. The summed E-state index contributed by atoms with van der Waals surface area (Å²) in [6, 6.07) is 0. The lowest BCUT2D eigenvalue weighted by atomic mass is 10.1. The van der Waals surface area contributed by atoms with Crippen molar-refractivity contribution in [3.05, 3.63) is 60.8 Å². The zero-order valence-corrected chi connectivity index (χ0v) is 40.2. The SMILES string of the molecule is CC\C=C/C=C\C=C/CCCCCCCCCC(=O)OCC(COC(=O)CCCCC/C=C\CCCCCCCCC)OC(=O)CCCCC/C=C\CCCCCCCCC.